The third kappa shape index (κ3) is 7.19. The lowest BCUT2D eigenvalue weighted by atomic mass is 10.1. The van der Waals surface area contributed by atoms with E-state index in [2.05, 4.69) is 10.0 Å². The van der Waals surface area contributed by atoms with E-state index in [0.29, 0.717) is 39.3 Å². The number of benzene rings is 1. The standard InChI is InChI=1S/C21H34N4O5S/c1-6-9-22-19(26)15-24-10-12-25(13-11-24)20(27)16-7-8-17(30-5)18(14-16)31(28,29)23-21(2,3)4/h7-8,14,23H,6,9-13,15H2,1-5H3,(H,22,26). The zero-order valence-electron chi connectivity index (χ0n) is 19.0. The van der Waals surface area contributed by atoms with Crippen molar-refractivity contribution in [1.29, 1.82) is 0 Å². The van der Waals surface area contributed by atoms with Gasteiger partial charge in [-0.3, -0.25) is 14.5 Å². The first-order valence-corrected chi connectivity index (χ1v) is 12.0. The van der Waals surface area contributed by atoms with Gasteiger partial charge in [-0.25, -0.2) is 13.1 Å². The van der Waals surface area contributed by atoms with E-state index in [1.54, 1.807) is 31.7 Å². The number of hydrogen-bond acceptors (Lipinski definition) is 6. The Kier molecular flexibility index (Phi) is 8.44. The van der Waals surface area contributed by atoms with Crippen LogP contribution in [0.1, 0.15) is 44.5 Å². The Morgan fingerprint density at radius 1 is 1.13 bits per heavy atom. The smallest absolute Gasteiger partial charge is 0.253 e. The number of nitrogens with zero attached hydrogens (tertiary/aromatic N) is 2. The molecule has 2 amide bonds. The summed E-state index contributed by atoms with van der Waals surface area (Å²) in [5.41, 5.74) is -0.395. The van der Waals surface area contributed by atoms with Crippen molar-refractivity contribution in [1.82, 2.24) is 19.8 Å². The number of piperazine rings is 1. The van der Waals surface area contributed by atoms with Gasteiger partial charge in [0.15, 0.2) is 0 Å². The molecule has 0 bridgehead atoms. The predicted molar refractivity (Wildman–Crippen MR) is 119 cm³/mol. The van der Waals surface area contributed by atoms with Gasteiger partial charge in [-0.1, -0.05) is 6.92 Å². The Morgan fingerprint density at radius 2 is 1.77 bits per heavy atom. The zero-order valence-corrected chi connectivity index (χ0v) is 19.8. The van der Waals surface area contributed by atoms with E-state index in [9.17, 15) is 18.0 Å². The van der Waals surface area contributed by atoms with Crippen molar-refractivity contribution in [3.63, 3.8) is 0 Å². The van der Waals surface area contributed by atoms with Crippen molar-refractivity contribution in [2.75, 3.05) is 46.4 Å². The number of methoxy groups -OCH3 is 1. The predicted octanol–water partition coefficient (Wildman–Crippen LogP) is 1.06. The molecule has 1 heterocycles. The number of ether oxygens (including phenoxy) is 1. The molecule has 174 valence electrons. The normalized spacial score (nSPS) is 15.6. The number of rotatable bonds is 8. The summed E-state index contributed by atoms with van der Waals surface area (Å²) in [6, 6.07) is 4.43. The van der Waals surface area contributed by atoms with Crippen LogP contribution in [0.4, 0.5) is 0 Å². The van der Waals surface area contributed by atoms with Crippen LogP contribution in [0.5, 0.6) is 5.75 Å². The van der Waals surface area contributed by atoms with Crippen molar-refractivity contribution in [2.45, 2.75) is 44.6 Å². The Hall–Kier alpha value is -2.17. The molecule has 2 rings (SSSR count). The molecule has 1 fully saturated rings. The maximum absolute atomic E-state index is 13.0. The highest BCUT2D eigenvalue weighted by Crippen LogP contribution is 2.26. The van der Waals surface area contributed by atoms with Crippen LogP contribution in [0.3, 0.4) is 0 Å². The average molecular weight is 455 g/mol. The van der Waals surface area contributed by atoms with Crippen LogP contribution in [-0.4, -0.2) is 81.9 Å². The summed E-state index contributed by atoms with van der Waals surface area (Å²) in [5.74, 6) is -0.0841. The van der Waals surface area contributed by atoms with Gasteiger partial charge < -0.3 is 15.0 Å². The van der Waals surface area contributed by atoms with E-state index in [-0.39, 0.29) is 28.0 Å². The molecule has 31 heavy (non-hydrogen) atoms. The lowest BCUT2D eigenvalue weighted by molar-refractivity contribution is -0.122. The van der Waals surface area contributed by atoms with Crippen molar-refractivity contribution < 1.29 is 22.7 Å². The molecule has 0 aliphatic carbocycles. The number of carbonyl (C=O) groups is 2. The molecule has 0 saturated carbocycles. The molecular formula is C21H34N4O5S. The zero-order chi connectivity index (χ0) is 23.2. The maximum Gasteiger partial charge on any atom is 0.253 e. The monoisotopic (exact) mass is 454 g/mol. The van der Waals surface area contributed by atoms with E-state index in [1.165, 1.54) is 19.2 Å². The van der Waals surface area contributed by atoms with Gasteiger partial charge in [0, 0.05) is 43.8 Å². The van der Waals surface area contributed by atoms with Gasteiger partial charge >= 0.3 is 0 Å². The largest absolute Gasteiger partial charge is 0.495 e. The molecule has 0 atom stereocenters. The quantitative estimate of drug-likeness (QED) is 0.608. The number of sulfonamides is 1. The first-order valence-electron chi connectivity index (χ1n) is 10.5. The lowest BCUT2D eigenvalue weighted by Gasteiger charge is -2.34. The minimum Gasteiger partial charge on any atom is -0.495 e. The maximum atomic E-state index is 13.0. The average Bonchev–Trinajstić information content (AvgIpc) is 2.70. The van der Waals surface area contributed by atoms with Crippen molar-refractivity contribution in [3.05, 3.63) is 23.8 Å². The fourth-order valence-corrected chi connectivity index (χ4v) is 4.91. The second-order valence-corrected chi connectivity index (χ2v) is 10.3. The highest BCUT2D eigenvalue weighted by molar-refractivity contribution is 7.89. The Bertz CT molecular complexity index is 888. The number of hydrogen-bond donors (Lipinski definition) is 2. The first kappa shape index (κ1) is 25.1. The summed E-state index contributed by atoms with van der Waals surface area (Å²) in [6.45, 7) is 10.3. The fraction of sp³-hybridized carbons (Fsp3) is 0.619. The molecule has 1 aromatic rings. The van der Waals surface area contributed by atoms with Crippen LogP contribution >= 0.6 is 0 Å². The third-order valence-electron chi connectivity index (χ3n) is 4.74. The fourth-order valence-electron chi connectivity index (χ4n) is 3.29. The van der Waals surface area contributed by atoms with Gasteiger partial charge in [0.25, 0.3) is 5.91 Å². The van der Waals surface area contributed by atoms with Crippen LogP contribution in [0.2, 0.25) is 0 Å². The van der Waals surface area contributed by atoms with Crippen LogP contribution in [0, 0.1) is 0 Å². The number of nitrogens with one attached hydrogen (secondary N) is 2. The molecule has 0 radical (unpaired) electrons. The molecule has 2 N–H and O–H groups in total. The summed E-state index contributed by atoms with van der Waals surface area (Å²) in [6.07, 6.45) is 0.888. The topological polar surface area (TPSA) is 108 Å². The first-order chi connectivity index (χ1) is 14.5. The number of amides is 2. The molecule has 10 heteroatoms. The van der Waals surface area contributed by atoms with Crippen LogP contribution in [0.25, 0.3) is 0 Å². The highest BCUT2D eigenvalue weighted by Gasteiger charge is 2.28. The van der Waals surface area contributed by atoms with Gasteiger partial charge in [0.2, 0.25) is 15.9 Å². The van der Waals surface area contributed by atoms with E-state index < -0.39 is 15.6 Å². The number of carbonyl (C=O) groups excluding carboxylic acids is 2. The molecule has 9 nitrogen and oxygen atoms in total. The Morgan fingerprint density at radius 3 is 2.32 bits per heavy atom. The van der Waals surface area contributed by atoms with Crippen molar-refractivity contribution >= 4 is 21.8 Å². The minimum atomic E-state index is -3.88. The molecule has 1 aliphatic rings. The van der Waals surface area contributed by atoms with E-state index in [1.807, 2.05) is 11.8 Å². The Labute approximate surface area is 185 Å². The molecule has 1 saturated heterocycles. The molecule has 1 aliphatic heterocycles. The van der Waals surface area contributed by atoms with Crippen LogP contribution in [0.15, 0.2) is 23.1 Å². The van der Waals surface area contributed by atoms with E-state index >= 15 is 0 Å². The van der Waals surface area contributed by atoms with Crippen LogP contribution < -0.4 is 14.8 Å². The summed E-state index contributed by atoms with van der Waals surface area (Å²) in [7, 11) is -2.48. The summed E-state index contributed by atoms with van der Waals surface area (Å²) in [5, 5.41) is 2.85. The molecule has 0 aromatic heterocycles. The molecule has 0 spiro atoms. The van der Waals surface area contributed by atoms with E-state index in [4.69, 9.17) is 4.74 Å². The van der Waals surface area contributed by atoms with Crippen LogP contribution in [-0.2, 0) is 14.8 Å². The van der Waals surface area contributed by atoms with Gasteiger partial charge in [-0.2, -0.15) is 0 Å². The SMILES string of the molecule is CCCNC(=O)CN1CCN(C(=O)c2ccc(OC)c(S(=O)(=O)NC(C)(C)C)c2)CC1. The highest BCUT2D eigenvalue weighted by atomic mass is 32.2. The molecule has 1 aromatic carbocycles. The third-order valence-corrected chi connectivity index (χ3v) is 6.52. The minimum absolute atomic E-state index is 0.0158. The van der Waals surface area contributed by atoms with E-state index in [0.717, 1.165) is 6.42 Å². The van der Waals surface area contributed by atoms with Crippen molar-refractivity contribution in [3.8, 4) is 5.75 Å². The summed E-state index contributed by atoms with van der Waals surface area (Å²) in [4.78, 5) is 28.5. The Balaban J connectivity index is 2.10. The van der Waals surface area contributed by atoms with Crippen molar-refractivity contribution in [2.24, 2.45) is 0 Å². The van der Waals surface area contributed by atoms with Gasteiger partial charge in [-0.15, -0.1) is 0 Å². The summed E-state index contributed by atoms with van der Waals surface area (Å²) >= 11 is 0. The van der Waals surface area contributed by atoms with Gasteiger partial charge in [0.05, 0.1) is 13.7 Å². The summed E-state index contributed by atoms with van der Waals surface area (Å²) < 4.78 is 33.5. The van der Waals surface area contributed by atoms with Gasteiger partial charge in [-0.05, 0) is 45.4 Å². The lowest BCUT2D eigenvalue weighted by Crippen LogP contribution is -2.51. The van der Waals surface area contributed by atoms with Gasteiger partial charge in [0.1, 0.15) is 10.6 Å². The second kappa shape index (κ2) is 10.4. The molecule has 0 unspecified atom stereocenters. The second-order valence-electron chi connectivity index (χ2n) is 8.64. The molecular weight excluding hydrogens is 420 g/mol.